The molecule has 0 unspecified atom stereocenters. The van der Waals surface area contributed by atoms with Gasteiger partial charge in [-0.15, -0.1) is 0 Å². The zero-order valence-electron chi connectivity index (χ0n) is 18.9. The number of halogens is 12. The van der Waals surface area contributed by atoms with Gasteiger partial charge in [-0.1, -0.05) is 18.2 Å². The Morgan fingerprint density at radius 3 is 1.26 bits per heavy atom. The molecule has 0 heterocycles. The number of hydrogen-bond donors (Lipinski definition) is 0. The third kappa shape index (κ3) is 6.67. The number of alkyl halides is 6. The largest absolute Gasteiger partial charge is 0.743 e. The molecule has 0 aromatic heterocycles. The molecule has 0 fully saturated rings. The summed E-state index contributed by atoms with van der Waals surface area (Å²) in [5.41, 5.74) is 0. The fourth-order valence-corrected chi connectivity index (χ4v) is 6.08. The SMILES string of the molecule is CC(F)(F)C(F)(F)C(F)(F)S(=O)(=O)[O-].Fc1cc(F)c([PH+](c2ccccc2)c2c(F)cc(F)cc2F)c(F)c1. The van der Waals surface area contributed by atoms with Crippen LogP contribution in [0.1, 0.15) is 6.92 Å². The Morgan fingerprint density at radius 2 is 1.00 bits per heavy atom. The predicted octanol–water partition coefficient (Wildman–Crippen LogP) is 5.43. The topological polar surface area (TPSA) is 57.2 Å². The van der Waals surface area contributed by atoms with Gasteiger partial charge in [0.15, 0.2) is 44.0 Å². The van der Waals surface area contributed by atoms with E-state index in [-0.39, 0.29) is 5.30 Å². The average Bonchev–Trinajstić information content (AvgIpc) is 2.76. The van der Waals surface area contributed by atoms with Crippen LogP contribution >= 0.6 is 7.92 Å². The molecule has 0 spiro atoms. The third-order valence-electron chi connectivity index (χ3n) is 4.81. The monoisotopic (exact) mass is 616 g/mol. The minimum Gasteiger partial charge on any atom is -0.743 e. The summed E-state index contributed by atoms with van der Waals surface area (Å²) >= 11 is 0. The van der Waals surface area contributed by atoms with E-state index in [0.29, 0.717) is 24.3 Å². The van der Waals surface area contributed by atoms with Gasteiger partial charge in [0.1, 0.15) is 24.9 Å². The molecule has 17 heteroatoms. The van der Waals surface area contributed by atoms with Crippen molar-refractivity contribution in [1.29, 1.82) is 0 Å². The van der Waals surface area contributed by atoms with Crippen molar-refractivity contribution < 1.29 is 65.7 Å². The maximum Gasteiger partial charge on any atom is 0.402 e. The maximum absolute atomic E-state index is 14.3. The second-order valence-corrected chi connectivity index (χ2v) is 11.4. The standard InChI is InChI=1S/C18H9F6P.C4H4F6O3S/c19-10-6-13(21)17(14(22)7-10)25(12-4-2-1-3-5-12)18-15(23)8-11(20)9-16(18)24;1-2(5,6)3(7,8)4(9,10)14(11,12)13/h1-9H;1H3,(H,11,12,13). The molecule has 0 aliphatic rings. The lowest BCUT2D eigenvalue weighted by molar-refractivity contribution is -0.273. The molecule has 0 bridgehead atoms. The number of hydrogen-bond acceptors (Lipinski definition) is 3. The second kappa shape index (κ2) is 11.3. The van der Waals surface area contributed by atoms with Gasteiger partial charge in [-0.05, 0) is 12.1 Å². The Balaban J connectivity index is 0.000000326. The molecule has 0 saturated heterocycles. The highest BCUT2D eigenvalue weighted by atomic mass is 32.2. The van der Waals surface area contributed by atoms with Crippen LogP contribution in [0.2, 0.25) is 0 Å². The van der Waals surface area contributed by atoms with Gasteiger partial charge >= 0.3 is 17.1 Å². The Kier molecular flexibility index (Phi) is 9.41. The van der Waals surface area contributed by atoms with Crippen LogP contribution < -0.4 is 15.9 Å². The highest BCUT2D eigenvalue weighted by Crippen LogP contribution is 2.47. The van der Waals surface area contributed by atoms with E-state index in [1.54, 1.807) is 18.2 Å². The van der Waals surface area contributed by atoms with Crippen LogP contribution in [0, 0.1) is 34.9 Å². The zero-order valence-corrected chi connectivity index (χ0v) is 20.7. The van der Waals surface area contributed by atoms with Crippen LogP contribution in [-0.2, 0) is 10.1 Å². The quantitative estimate of drug-likeness (QED) is 0.211. The molecule has 3 aromatic carbocycles. The summed E-state index contributed by atoms with van der Waals surface area (Å²) in [4.78, 5) is 0. The molecular weight excluding hydrogens is 603 g/mol. The Hall–Kier alpha value is -2.84. The summed E-state index contributed by atoms with van der Waals surface area (Å²) in [5, 5.41) is -7.33. The minimum absolute atomic E-state index is 0.265. The van der Waals surface area contributed by atoms with E-state index in [4.69, 9.17) is 0 Å². The fourth-order valence-electron chi connectivity index (χ4n) is 2.99. The highest BCUT2D eigenvalue weighted by molar-refractivity contribution is 7.86. The van der Waals surface area contributed by atoms with Crippen molar-refractivity contribution >= 4 is 34.0 Å². The van der Waals surface area contributed by atoms with Crippen molar-refractivity contribution in [3.8, 4) is 0 Å². The van der Waals surface area contributed by atoms with Gasteiger partial charge in [-0.2, -0.15) is 26.3 Å². The second-order valence-electron chi connectivity index (χ2n) is 7.66. The Labute approximate surface area is 213 Å². The van der Waals surface area contributed by atoms with Gasteiger partial charge < -0.3 is 4.55 Å². The molecule has 0 radical (unpaired) electrons. The lowest BCUT2D eigenvalue weighted by Crippen LogP contribution is -2.56. The first-order valence-corrected chi connectivity index (χ1v) is 12.9. The van der Waals surface area contributed by atoms with Gasteiger partial charge in [0.25, 0.3) is 0 Å². The molecular formula is C22H13F12O3PS. The van der Waals surface area contributed by atoms with E-state index < -0.39 is 87.6 Å². The molecule has 214 valence electrons. The van der Waals surface area contributed by atoms with Crippen LogP contribution in [0.25, 0.3) is 0 Å². The smallest absolute Gasteiger partial charge is 0.402 e. The molecule has 3 nitrogen and oxygen atoms in total. The van der Waals surface area contributed by atoms with Gasteiger partial charge in [-0.3, -0.25) is 0 Å². The molecule has 0 N–H and O–H groups in total. The van der Waals surface area contributed by atoms with Gasteiger partial charge in [0, 0.05) is 31.2 Å². The molecule has 0 atom stereocenters. The summed E-state index contributed by atoms with van der Waals surface area (Å²) < 4.78 is 185. The lowest BCUT2D eigenvalue weighted by Gasteiger charge is -2.31. The summed E-state index contributed by atoms with van der Waals surface area (Å²) in [5.74, 6) is -18.9. The molecule has 3 aromatic rings. The number of rotatable bonds is 6. The van der Waals surface area contributed by atoms with E-state index >= 15 is 0 Å². The van der Waals surface area contributed by atoms with Crippen molar-refractivity contribution in [2.75, 3.05) is 0 Å². The summed E-state index contributed by atoms with van der Waals surface area (Å²) in [6.07, 6.45) is 0. The van der Waals surface area contributed by atoms with Gasteiger partial charge in [0.2, 0.25) is 0 Å². The van der Waals surface area contributed by atoms with E-state index in [1.165, 1.54) is 12.1 Å². The molecule has 3 rings (SSSR count). The molecule has 0 aliphatic carbocycles. The van der Waals surface area contributed by atoms with Crippen molar-refractivity contribution in [1.82, 2.24) is 0 Å². The zero-order chi connectivity index (χ0) is 30.1. The van der Waals surface area contributed by atoms with E-state index in [0.717, 1.165) is 0 Å². The third-order valence-corrected chi connectivity index (χ3v) is 8.56. The minimum atomic E-state index is -6.86. The fraction of sp³-hybridized carbons (Fsp3) is 0.182. The summed E-state index contributed by atoms with van der Waals surface area (Å²) in [6.45, 7) is -0.619. The number of benzene rings is 3. The van der Waals surface area contributed by atoms with E-state index in [2.05, 4.69) is 0 Å². The average molecular weight is 616 g/mol. The van der Waals surface area contributed by atoms with Crippen molar-refractivity contribution in [2.24, 2.45) is 0 Å². The van der Waals surface area contributed by atoms with Crippen LogP contribution in [0.5, 0.6) is 0 Å². The van der Waals surface area contributed by atoms with Crippen LogP contribution in [0.3, 0.4) is 0 Å². The van der Waals surface area contributed by atoms with E-state index in [1.807, 2.05) is 0 Å². The predicted molar refractivity (Wildman–Crippen MR) is 117 cm³/mol. The Bertz CT molecular complexity index is 1340. The first-order valence-electron chi connectivity index (χ1n) is 9.94. The summed E-state index contributed by atoms with van der Waals surface area (Å²) in [6, 6.07) is 9.42. The Morgan fingerprint density at radius 1 is 0.667 bits per heavy atom. The summed E-state index contributed by atoms with van der Waals surface area (Å²) in [7, 11) is -9.72. The normalized spacial score (nSPS) is 12.8. The molecule has 0 amide bonds. The first-order chi connectivity index (χ1) is 17.6. The van der Waals surface area contributed by atoms with Crippen molar-refractivity contribution in [3.05, 3.63) is 89.5 Å². The van der Waals surface area contributed by atoms with Crippen molar-refractivity contribution in [2.45, 2.75) is 24.0 Å². The van der Waals surface area contributed by atoms with Crippen LogP contribution in [0.15, 0.2) is 54.6 Å². The molecule has 0 saturated carbocycles. The molecule has 39 heavy (non-hydrogen) atoms. The first kappa shape index (κ1) is 32.4. The van der Waals surface area contributed by atoms with Gasteiger partial charge in [0.05, 0.1) is 0 Å². The lowest BCUT2D eigenvalue weighted by atomic mass is 10.2. The van der Waals surface area contributed by atoms with Crippen LogP contribution in [0.4, 0.5) is 52.7 Å². The van der Waals surface area contributed by atoms with E-state index in [9.17, 15) is 65.7 Å². The van der Waals surface area contributed by atoms with Gasteiger partial charge in [-0.25, -0.2) is 34.8 Å². The maximum atomic E-state index is 14.3. The molecule has 0 aliphatic heterocycles. The van der Waals surface area contributed by atoms with Crippen molar-refractivity contribution in [3.63, 3.8) is 0 Å². The van der Waals surface area contributed by atoms with Crippen LogP contribution in [-0.4, -0.2) is 30.1 Å². The highest BCUT2D eigenvalue weighted by Gasteiger charge is 2.72.